The Bertz CT molecular complexity index is 446. The van der Waals surface area contributed by atoms with E-state index in [1.165, 1.54) is 0 Å². The van der Waals surface area contributed by atoms with Gasteiger partial charge in [0.05, 0.1) is 0 Å². The zero-order valence-corrected chi connectivity index (χ0v) is 11.4. The Kier molecular flexibility index (Phi) is 6.03. The largest absolute Gasteiger partial charge is 0.459 e. The minimum Gasteiger partial charge on any atom is -0.459 e. The van der Waals surface area contributed by atoms with Crippen LogP contribution in [0.25, 0.3) is 6.08 Å². The van der Waals surface area contributed by atoms with Gasteiger partial charge in [0.1, 0.15) is 12.7 Å². The van der Waals surface area contributed by atoms with Crippen molar-refractivity contribution < 1.29 is 14.6 Å². The molecule has 3 nitrogen and oxygen atoms in total. The molecule has 3 heteroatoms. The molecule has 0 aliphatic rings. The molecule has 0 saturated carbocycles. The molecule has 1 rings (SSSR count). The summed E-state index contributed by atoms with van der Waals surface area (Å²) in [5, 5.41) is 9.69. The van der Waals surface area contributed by atoms with Gasteiger partial charge in [-0.3, -0.25) is 0 Å². The van der Waals surface area contributed by atoms with Crippen LogP contribution in [0, 0.1) is 5.92 Å². The Labute approximate surface area is 114 Å². The van der Waals surface area contributed by atoms with Crippen LogP contribution in [0.4, 0.5) is 0 Å². The monoisotopic (exact) mass is 260 g/mol. The zero-order valence-electron chi connectivity index (χ0n) is 11.4. The molecule has 0 aliphatic heterocycles. The van der Waals surface area contributed by atoms with Gasteiger partial charge in [-0.05, 0) is 11.5 Å². The van der Waals surface area contributed by atoms with Crippen molar-refractivity contribution >= 4 is 12.0 Å². The fourth-order valence-electron chi connectivity index (χ4n) is 1.33. The van der Waals surface area contributed by atoms with E-state index in [-0.39, 0.29) is 12.5 Å². The van der Waals surface area contributed by atoms with E-state index >= 15 is 0 Å². The zero-order chi connectivity index (χ0) is 14.3. The summed E-state index contributed by atoms with van der Waals surface area (Å²) in [4.78, 5) is 11.5. The second-order valence-corrected chi connectivity index (χ2v) is 4.62. The van der Waals surface area contributed by atoms with Crippen LogP contribution in [0.15, 0.2) is 48.6 Å². The molecule has 0 saturated heterocycles. The van der Waals surface area contributed by atoms with E-state index in [2.05, 4.69) is 6.58 Å². The highest BCUT2D eigenvalue weighted by Gasteiger charge is 2.13. The third-order valence-electron chi connectivity index (χ3n) is 2.65. The predicted molar refractivity (Wildman–Crippen MR) is 76.4 cm³/mol. The topological polar surface area (TPSA) is 46.5 Å². The molecule has 1 atom stereocenters. The van der Waals surface area contributed by atoms with Crippen molar-refractivity contribution in [2.24, 2.45) is 5.92 Å². The Morgan fingerprint density at radius 2 is 2.00 bits per heavy atom. The molecule has 0 amide bonds. The Morgan fingerprint density at radius 3 is 2.58 bits per heavy atom. The fourth-order valence-corrected chi connectivity index (χ4v) is 1.33. The average molecular weight is 260 g/mol. The summed E-state index contributed by atoms with van der Waals surface area (Å²) in [5.41, 5.74) is 1.40. The second-order valence-electron chi connectivity index (χ2n) is 4.62. The van der Waals surface area contributed by atoms with Crippen molar-refractivity contribution in [1.29, 1.82) is 0 Å². The number of aliphatic hydroxyl groups is 1. The van der Waals surface area contributed by atoms with Crippen LogP contribution in [0.1, 0.15) is 19.4 Å². The van der Waals surface area contributed by atoms with Crippen LogP contribution in [-0.2, 0) is 9.53 Å². The van der Waals surface area contributed by atoms with Crippen molar-refractivity contribution in [1.82, 2.24) is 0 Å². The number of hydrogen-bond donors (Lipinski definition) is 1. The quantitative estimate of drug-likeness (QED) is 0.632. The number of ether oxygens (including phenoxy) is 1. The van der Waals surface area contributed by atoms with E-state index in [1.54, 1.807) is 12.2 Å². The Hall–Kier alpha value is -1.87. The van der Waals surface area contributed by atoms with E-state index in [1.807, 2.05) is 44.2 Å². The standard InChI is InChI=1S/C16H20O3/c1-12(2)13(3)16(18)19-11-15(17)10-9-14-7-5-4-6-8-14/h4-10,12,15,17H,3,11H2,1-2H3. The molecule has 0 spiro atoms. The third kappa shape index (κ3) is 5.53. The molecular weight excluding hydrogens is 240 g/mol. The first-order valence-electron chi connectivity index (χ1n) is 6.28. The van der Waals surface area contributed by atoms with Gasteiger partial charge in [0.25, 0.3) is 0 Å². The number of rotatable bonds is 6. The predicted octanol–water partition coefficient (Wildman–Crippen LogP) is 2.82. The molecular formula is C16H20O3. The highest BCUT2D eigenvalue weighted by molar-refractivity contribution is 5.88. The maximum atomic E-state index is 11.5. The van der Waals surface area contributed by atoms with Crippen molar-refractivity contribution in [3.8, 4) is 0 Å². The van der Waals surface area contributed by atoms with Crippen LogP contribution in [0.2, 0.25) is 0 Å². The maximum absolute atomic E-state index is 11.5. The van der Waals surface area contributed by atoms with Gasteiger partial charge in [-0.1, -0.05) is 62.9 Å². The Morgan fingerprint density at radius 1 is 1.37 bits per heavy atom. The van der Waals surface area contributed by atoms with Gasteiger partial charge in [-0.25, -0.2) is 4.79 Å². The van der Waals surface area contributed by atoms with Gasteiger partial charge in [0.2, 0.25) is 0 Å². The summed E-state index contributed by atoms with van der Waals surface area (Å²) in [6.07, 6.45) is 2.57. The highest BCUT2D eigenvalue weighted by Crippen LogP contribution is 2.09. The summed E-state index contributed by atoms with van der Waals surface area (Å²) >= 11 is 0. The van der Waals surface area contributed by atoms with E-state index in [0.29, 0.717) is 5.57 Å². The molecule has 1 aromatic rings. The third-order valence-corrected chi connectivity index (χ3v) is 2.65. The molecule has 0 radical (unpaired) electrons. The van der Waals surface area contributed by atoms with Crippen LogP contribution in [0.5, 0.6) is 0 Å². The lowest BCUT2D eigenvalue weighted by molar-refractivity contribution is -0.141. The molecule has 19 heavy (non-hydrogen) atoms. The molecule has 0 heterocycles. The lowest BCUT2D eigenvalue weighted by atomic mass is 10.1. The Balaban J connectivity index is 2.40. The number of carbonyl (C=O) groups is 1. The average Bonchev–Trinajstić information content (AvgIpc) is 2.42. The van der Waals surface area contributed by atoms with E-state index in [9.17, 15) is 9.90 Å². The van der Waals surface area contributed by atoms with E-state index in [0.717, 1.165) is 5.56 Å². The number of carbonyl (C=O) groups excluding carboxylic acids is 1. The molecule has 1 N–H and O–H groups in total. The molecule has 0 bridgehead atoms. The van der Waals surface area contributed by atoms with Gasteiger partial charge in [-0.15, -0.1) is 0 Å². The number of aliphatic hydroxyl groups excluding tert-OH is 1. The summed E-state index contributed by atoms with van der Waals surface area (Å²) in [6.45, 7) is 7.33. The molecule has 1 aromatic carbocycles. The molecule has 102 valence electrons. The van der Waals surface area contributed by atoms with Crippen LogP contribution >= 0.6 is 0 Å². The summed E-state index contributed by atoms with van der Waals surface area (Å²) in [5.74, 6) is -0.410. The maximum Gasteiger partial charge on any atom is 0.333 e. The van der Waals surface area contributed by atoms with Gasteiger partial charge in [-0.2, -0.15) is 0 Å². The van der Waals surface area contributed by atoms with E-state index < -0.39 is 12.1 Å². The van der Waals surface area contributed by atoms with Crippen molar-refractivity contribution in [2.75, 3.05) is 6.61 Å². The fraction of sp³-hybridized carbons (Fsp3) is 0.312. The molecule has 0 aromatic heterocycles. The normalized spacial score (nSPS) is 12.6. The second kappa shape index (κ2) is 7.54. The minimum absolute atomic E-state index is 0.0458. The minimum atomic E-state index is -0.816. The van der Waals surface area contributed by atoms with Crippen molar-refractivity contribution in [2.45, 2.75) is 20.0 Å². The first-order valence-corrected chi connectivity index (χ1v) is 6.28. The SMILES string of the molecule is C=C(C(=O)OCC(O)C=Cc1ccccc1)C(C)C. The first-order chi connectivity index (χ1) is 9.00. The molecule has 0 aliphatic carbocycles. The number of benzene rings is 1. The lowest BCUT2D eigenvalue weighted by Gasteiger charge is -2.11. The van der Waals surface area contributed by atoms with Crippen LogP contribution in [-0.4, -0.2) is 23.8 Å². The van der Waals surface area contributed by atoms with Crippen molar-refractivity contribution in [3.63, 3.8) is 0 Å². The van der Waals surface area contributed by atoms with Gasteiger partial charge in [0.15, 0.2) is 0 Å². The van der Waals surface area contributed by atoms with Gasteiger partial charge in [0, 0.05) is 5.57 Å². The lowest BCUT2D eigenvalue weighted by Crippen LogP contribution is -2.19. The van der Waals surface area contributed by atoms with Crippen LogP contribution in [0.3, 0.4) is 0 Å². The smallest absolute Gasteiger partial charge is 0.333 e. The van der Waals surface area contributed by atoms with Crippen molar-refractivity contribution in [3.05, 3.63) is 54.1 Å². The van der Waals surface area contributed by atoms with Gasteiger partial charge >= 0.3 is 5.97 Å². The first kappa shape index (κ1) is 15.2. The molecule has 1 unspecified atom stereocenters. The van der Waals surface area contributed by atoms with E-state index in [4.69, 9.17) is 4.74 Å². The summed E-state index contributed by atoms with van der Waals surface area (Å²) in [6, 6.07) is 9.61. The number of esters is 1. The summed E-state index contributed by atoms with van der Waals surface area (Å²) < 4.78 is 4.98. The summed E-state index contributed by atoms with van der Waals surface area (Å²) in [7, 11) is 0. The van der Waals surface area contributed by atoms with Crippen LogP contribution < -0.4 is 0 Å². The highest BCUT2D eigenvalue weighted by atomic mass is 16.5. The molecule has 0 fully saturated rings. The van der Waals surface area contributed by atoms with Gasteiger partial charge < -0.3 is 9.84 Å². The number of hydrogen-bond acceptors (Lipinski definition) is 3.